The van der Waals surface area contributed by atoms with E-state index < -0.39 is 12.0 Å². The minimum absolute atomic E-state index is 0.00212. The van der Waals surface area contributed by atoms with Crippen molar-refractivity contribution in [3.8, 4) is 0 Å². The number of halogens is 1. The van der Waals surface area contributed by atoms with Gasteiger partial charge in [-0.2, -0.15) is 5.10 Å². The van der Waals surface area contributed by atoms with E-state index in [1.54, 1.807) is 17.0 Å². The number of amidine groups is 1. The molecular formula is C20H26FN5O2. The van der Waals surface area contributed by atoms with E-state index in [0.29, 0.717) is 5.69 Å². The molecule has 150 valence electrons. The number of hydrogen-bond donors (Lipinski definition) is 2. The normalized spacial score (nSPS) is 26.3. The van der Waals surface area contributed by atoms with E-state index in [1.807, 2.05) is 0 Å². The number of anilines is 1. The molecule has 3 unspecified atom stereocenters. The zero-order chi connectivity index (χ0) is 19.7. The van der Waals surface area contributed by atoms with Crippen LogP contribution in [0, 0.1) is 5.82 Å². The summed E-state index contributed by atoms with van der Waals surface area (Å²) in [6, 6.07) is 5.94. The van der Waals surface area contributed by atoms with E-state index in [4.69, 9.17) is 0 Å². The number of benzene rings is 1. The van der Waals surface area contributed by atoms with Gasteiger partial charge in [-0.1, -0.05) is 25.8 Å². The molecule has 1 saturated heterocycles. The SMILES string of the molecule is CCCC1=NNC2C(=O)N(CC(=O)Nc3cccc(F)c3)C3CCCCC3N12. The Morgan fingerprint density at radius 2 is 2.11 bits per heavy atom. The molecule has 1 aromatic rings. The quantitative estimate of drug-likeness (QED) is 0.813. The van der Waals surface area contributed by atoms with E-state index in [-0.39, 0.29) is 30.4 Å². The summed E-state index contributed by atoms with van der Waals surface area (Å²) in [6.45, 7) is 2.06. The van der Waals surface area contributed by atoms with Gasteiger partial charge in [0.1, 0.15) is 18.2 Å². The van der Waals surface area contributed by atoms with Crippen LogP contribution >= 0.6 is 0 Å². The zero-order valence-electron chi connectivity index (χ0n) is 16.0. The smallest absolute Gasteiger partial charge is 0.268 e. The molecule has 8 heteroatoms. The highest BCUT2D eigenvalue weighted by Crippen LogP contribution is 2.35. The van der Waals surface area contributed by atoms with Gasteiger partial charge in [-0.3, -0.25) is 15.0 Å². The number of amides is 2. The molecule has 1 aromatic carbocycles. The monoisotopic (exact) mass is 387 g/mol. The molecular weight excluding hydrogens is 361 g/mol. The van der Waals surface area contributed by atoms with Crippen molar-refractivity contribution in [2.75, 3.05) is 11.9 Å². The van der Waals surface area contributed by atoms with Crippen LogP contribution in [-0.2, 0) is 9.59 Å². The highest BCUT2D eigenvalue weighted by atomic mass is 19.1. The summed E-state index contributed by atoms with van der Waals surface area (Å²) >= 11 is 0. The van der Waals surface area contributed by atoms with Gasteiger partial charge >= 0.3 is 0 Å². The Bertz CT molecular complexity index is 799. The van der Waals surface area contributed by atoms with E-state index in [1.165, 1.54) is 12.1 Å². The van der Waals surface area contributed by atoms with Crippen LogP contribution < -0.4 is 10.7 Å². The van der Waals surface area contributed by atoms with Gasteiger partial charge in [0, 0.05) is 12.1 Å². The van der Waals surface area contributed by atoms with E-state index in [0.717, 1.165) is 44.4 Å². The molecule has 0 bridgehead atoms. The largest absolute Gasteiger partial charge is 0.325 e. The lowest BCUT2D eigenvalue weighted by Crippen LogP contribution is -2.69. The second-order valence-electron chi connectivity index (χ2n) is 7.66. The van der Waals surface area contributed by atoms with Gasteiger partial charge < -0.3 is 15.1 Å². The van der Waals surface area contributed by atoms with Gasteiger partial charge in [-0.05, 0) is 37.5 Å². The first-order chi connectivity index (χ1) is 13.6. The number of fused-ring (bicyclic) bond motifs is 3. The maximum atomic E-state index is 13.4. The van der Waals surface area contributed by atoms with E-state index in [2.05, 4.69) is 27.7 Å². The molecule has 3 aliphatic rings. The Kier molecular flexibility index (Phi) is 5.19. The summed E-state index contributed by atoms with van der Waals surface area (Å²) in [5.41, 5.74) is 3.37. The minimum Gasteiger partial charge on any atom is -0.325 e. The van der Waals surface area contributed by atoms with Gasteiger partial charge in [-0.15, -0.1) is 0 Å². The number of hydrazone groups is 1. The van der Waals surface area contributed by atoms with Gasteiger partial charge in [0.15, 0.2) is 6.17 Å². The molecule has 1 saturated carbocycles. The van der Waals surface area contributed by atoms with Gasteiger partial charge in [0.05, 0.1) is 12.1 Å². The van der Waals surface area contributed by atoms with Crippen LogP contribution in [0.5, 0.6) is 0 Å². The van der Waals surface area contributed by atoms with Gasteiger partial charge in [-0.25, -0.2) is 4.39 Å². The van der Waals surface area contributed by atoms with Crippen molar-refractivity contribution in [1.29, 1.82) is 0 Å². The molecule has 4 rings (SSSR count). The Hall–Kier alpha value is -2.64. The fourth-order valence-electron chi connectivity index (χ4n) is 4.59. The molecule has 0 radical (unpaired) electrons. The van der Waals surface area contributed by atoms with Crippen LogP contribution in [0.2, 0.25) is 0 Å². The first kappa shape index (κ1) is 18.7. The summed E-state index contributed by atoms with van der Waals surface area (Å²) in [6.07, 6.45) is 5.30. The van der Waals surface area contributed by atoms with Crippen molar-refractivity contribution in [2.24, 2.45) is 5.10 Å². The summed E-state index contributed by atoms with van der Waals surface area (Å²) in [5.74, 6) is 0.101. The second kappa shape index (κ2) is 7.77. The summed E-state index contributed by atoms with van der Waals surface area (Å²) < 4.78 is 13.4. The molecule has 2 aliphatic heterocycles. The van der Waals surface area contributed by atoms with Gasteiger partial charge in [0.25, 0.3) is 5.91 Å². The Balaban J connectivity index is 1.51. The Labute approximate surface area is 163 Å². The van der Waals surface area contributed by atoms with Crippen molar-refractivity contribution in [1.82, 2.24) is 15.2 Å². The first-order valence-electron chi connectivity index (χ1n) is 10.0. The zero-order valence-corrected chi connectivity index (χ0v) is 16.0. The average Bonchev–Trinajstić information content (AvgIpc) is 3.10. The molecule has 7 nitrogen and oxygen atoms in total. The van der Waals surface area contributed by atoms with Crippen molar-refractivity contribution >= 4 is 23.3 Å². The minimum atomic E-state index is -0.525. The molecule has 0 spiro atoms. The molecule has 1 aliphatic carbocycles. The molecule has 2 N–H and O–H groups in total. The lowest BCUT2D eigenvalue weighted by atomic mass is 9.85. The third-order valence-electron chi connectivity index (χ3n) is 5.76. The van der Waals surface area contributed by atoms with Crippen molar-refractivity contribution in [2.45, 2.75) is 63.7 Å². The summed E-state index contributed by atoms with van der Waals surface area (Å²) in [5, 5.41) is 7.10. The average molecular weight is 387 g/mol. The van der Waals surface area contributed by atoms with Crippen molar-refractivity contribution in [3.63, 3.8) is 0 Å². The van der Waals surface area contributed by atoms with E-state index in [9.17, 15) is 14.0 Å². The van der Waals surface area contributed by atoms with Crippen LogP contribution in [0.1, 0.15) is 45.4 Å². The molecule has 2 fully saturated rings. The molecule has 2 amide bonds. The van der Waals surface area contributed by atoms with Crippen LogP contribution in [-0.4, -0.2) is 52.2 Å². The Morgan fingerprint density at radius 3 is 2.86 bits per heavy atom. The lowest BCUT2D eigenvalue weighted by molar-refractivity contribution is -0.151. The fraction of sp³-hybridized carbons (Fsp3) is 0.550. The molecule has 28 heavy (non-hydrogen) atoms. The highest BCUT2D eigenvalue weighted by Gasteiger charge is 2.50. The second-order valence-corrected chi connectivity index (χ2v) is 7.66. The van der Waals surface area contributed by atoms with Crippen molar-refractivity contribution in [3.05, 3.63) is 30.1 Å². The van der Waals surface area contributed by atoms with E-state index >= 15 is 0 Å². The molecule has 3 atom stereocenters. The van der Waals surface area contributed by atoms with Crippen LogP contribution in [0.3, 0.4) is 0 Å². The topological polar surface area (TPSA) is 77.0 Å². The highest BCUT2D eigenvalue weighted by molar-refractivity contribution is 5.98. The standard InChI is InChI=1S/C20H26FN5O2/c1-2-6-17-23-24-19-20(28)25(15-9-3-4-10-16(15)26(17)19)12-18(27)22-14-8-5-7-13(21)11-14/h5,7-8,11,15-16,19,24H,2-4,6,9-10,12H2,1H3,(H,22,27). The van der Waals surface area contributed by atoms with Crippen molar-refractivity contribution < 1.29 is 14.0 Å². The van der Waals surface area contributed by atoms with Crippen LogP contribution in [0.25, 0.3) is 0 Å². The number of nitrogens with zero attached hydrogens (tertiary/aromatic N) is 3. The summed E-state index contributed by atoms with van der Waals surface area (Å²) in [4.78, 5) is 29.6. The maximum absolute atomic E-state index is 13.4. The lowest BCUT2D eigenvalue weighted by Gasteiger charge is -2.51. The summed E-state index contributed by atoms with van der Waals surface area (Å²) in [7, 11) is 0. The molecule has 0 aromatic heterocycles. The Morgan fingerprint density at radius 1 is 1.32 bits per heavy atom. The number of rotatable bonds is 5. The maximum Gasteiger partial charge on any atom is 0.268 e. The van der Waals surface area contributed by atoms with Gasteiger partial charge in [0.2, 0.25) is 5.91 Å². The predicted molar refractivity (Wildman–Crippen MR) is 104 cm³/mol. The third-order valence-corrected chi connectivity index (χ3v) is 5.76. The van der Waals surface area contributed by atoms with Crippen LogP contribution in [0.4, 0.5) is 10.1 Å². The number of carbonyl (C=O) groups excluding carboxylic acids is 2. The predicted octanol–water partition coefficient (Wildman–Crippen LogP) is 2.26. The fourth-order valence-corrected chi connectivity index (χ4v) is 4.59. The number of hydrogen-bond acceptors (Lipinski definition) is 5. The number of piperazine rings is 1. The third kappa shape index (κ3) is 3.43. The number of nitrogens with one attached hydrogen (secondary N) is 2. The molecule has 2 heterocycles. The first-order valence-corrected chi connectivity index (χ1v) is 10.0. The van der Waals surface area contributed by atoms with Crippen LogP contribution in [0.15, 0.2) is 29.4 Å². The number of carbonyl (C=O) groups is 2.